The molecule has 2 aromatic heterocycles. The number of Topliss-reactive ketones (excluding diaryl/α,β-unsaturated/α-hetero) is 1. The van der Waals surface area contributed by atoms with E-state index < -0.39 is 0 Å². The average Bonchev–Trinajstić information content (AvgIpc) is 3.11. The second-order valence-corrected chi connectivity index (χ2v) is 6.66. The SMILES string of the molecule is Cc1[nH]c2c(c1C(=O)N(C)Cc1nncn1C(C)C)C(=O)CCC2. The van der Waals surface area contributed by atoms with Crippen molar-refractivity contribution >= 4 is 11.7 Å². The Kier molecular flexibility index (Phi) is 4.26. The molecule has 2 heterocycles. The summed E-state index contributed by atoms with van der Waals surface area (Å²) in [5.41, 5.74) is 2.75. The number of amides is 1. The van der Waals surface area contributed by atoms with E-state index in [1.54, 1.807) is 18.3 Å². The number of carbonyl (C=O) groups is 2. The van der Waals surface area contributed by atoms with Crippen LogP contribution in [0.25, 0.3) is 0 Å². The van der Waals surface area contributed by atoms with Gasteiger partial charge < -0.3 is 14.5 Å². The van der Waals surface area contributed by atoms with Crippen molar-refractivity contribution in [1.82, 2.24) is 24.6 Å². The molecule has 7 nitrogen and oxygen atoms in total. The number of nitrogens with zero attached hydrogens (tertiary/aromatic N) is 4. The third-order valence-electron chi connectivity index (χ3n) is 4.52. The molecule has 0 saturated carbocycles. The zero-order valence-electron chi connectivity index (χ0n) is 14.6. The Labute approximate surface area is 141 Å². The van der Waals surface area contributed by atoms with Crippen molar-refractivity contribution in [1.29, 1.82) is 0 Å². The molecule has 0 bridgehead atoms. The van der Waals surface area contributed by atoms with Crippen LogP contribution in [0.5, 0.6) is 0 Å². The molecule has 2 aromatic rings. The monoisotopic (exact) mass is 329 g/mol. The fourth-order valence-electron chi connectivity index (χ4n) is 3.29. The maximum absolute atomic E-state index is 12.9. The fraction of sp³-hybridized carbons (Fsp3) is 0.529. The summed E-state index contributed by atoms with van der Waals surface area (Å²) in [5.74, 6) is 0.635. The molecule has 7 heteroatoms. The van der Waals surface area contributed by atoms with Crippen molar-refractivity contribution in [2.24, 2.45) is 0 Å². The summed E-state index contributed by atoms with van der Waals surface area (Å²) in [4.78, 5) is 30.1. The highest BCUT2D eigenvalue weighted by Crippen LogP contribution is 2.28. The van der Waals surface area contributed by atoms with Crippen LogP contribution in [0.15, 0.2) is 6.33 Å². The van der Waals surface area contributed by atoms with Crippen LogP contribution in [0.3, 0.4) is 0 Å². The maximum atomic E-state index is 12.9. The van der Waals surface area contributed by atoms with Gasteiger partial charge in [-0.15, -0.1) is 10.2 Å². The first-order chi connectivity index (χ1) is 11.4. The number of fused-ring (bicyclic) bond motifs is 1. The summed E-state index contributed by atoms with van der Waals surface area (Å²) < 4.78 is 1.94. The van der Waals surface area contributed by atoms with Gasteiger partial charge in [-0.2, -0.15) is 0 Å². The Morgan fingerprint density at radius 3 is 2.88 bits per heavy atom. The minimum absolute atomic E-state index is 0.0581. The Bertz CT molecular complexity index is 787. The van der Waals surface area contributed by atoms with Gasteiger partial charge >= 0.3 is 0 Å². The van der Waals surface area contributed by atoms with E-state index in [-0.39, 0.29) is 17.7 Å². The van der Waals surface area contributed by atoms with E-state index in [1.807, 2.05) is 25.3 Å². The van der Waals surface area contributed by atoms with Crippen LogP contribution in [0, 0.1) is 6.92 Å². The molecule has 1 aliphatic carbocycles. The molecular formula is C17H23N5O2. The van der Waals surface area contributed by atoms with E-state index in [2.05, 4.69) is 15.2 Å². The summed E-state index contributed by atoms with van der Waals surface area (Å²) in [6.45, 7) is 6.29. The lowest BCUT2D eigenvalue weighted by Crippen LogP contribution is -2.29. The van der Waals surface area contributed by atoms with E-state index in [1.165, 1.54) is 0 Å². The van der Waals surface area contributed by atoms with Gasteiger partial charge in [0.05, 0.1) is 17.7 Å². The smallest absolute Gasteiger partial charge is 0.256 e. The molecule has 0 spiro atoms. The molecule has 0 aromatic carbocycles. The summed E-state index contributed by atoms with van der Waals surface area (Å²) >= 11 is 0. The molecule has 3 rings (SSSR count). The Morgan fingerprint density at radius 1 is 1.42 bits per heavy atom. The lowest BCUT2D eigenvalue weighted by Gasteiger charge is -2.20. The Hall–Kier alpha value is -2.44. The van der Waals surface area contributed by atoms with Crippen molar-refractivity contribution in [3.63, 3.8) is 0 Å². The van der Waals surface area contributed by atoms with E-state index in [9.17, 15) is 9.59 Å². The number of aromatic nitrogens is 4. The van der Waals surface area contributed by atoms with Gasteiger partial charge in [0.25, 0.3) is 5.91 Å². The third kappa shape index (κ3) is 2.74. The zero-order valence-corrected chi connectivity index (χ0v) is 14.6. The topological polar surface area (TPSA) is 83.9 Å². The van der Waals surface area contributed by atoms with Crippen LogP contribution < -0.4 is 0 Å². The van der Waals surface area contributed by atoms with E-state index in [0.29, 0.717) is 24.1 Å². The lowest BCUT2D eigenvalue weighted by molar-refractivity contribution is 0.0772. The highest BCUT2D eigenvalue weighted by Gasteiger charge is 2.30. The second kappa shape index (κ2) is 6.22. The number of nitrogens with one attached hydrogen (secondary N) is 1. The highest BCUT2D eigenvalue weighted by atomic mass is 16.2. The Balaban J connectivity index is 1.88. The van der Waals surface area contributed by atoms with Gasteiger partial charge in [-0.25, -0.2) is 0 Å². The van der Waals surface area contributed by atoms with Crippen molar-refractivity contribution in [2.45, 2.75) is 52.6 Å². The van der Waals surface area contributed by atoms with Gasteiger partial charge in [-0.05, 0) is 33.6 Å². The van der Waals surface area contributed by atoms with Gasteiger partial charge in [0.2, 0.25) is 0 Å². The van der Waals surface area contributed by atoms with Gasteiger partial charge in [-0.3, -0.25) is 9.59 Å². The molecule has 128 valence electrons. The highest BCUT2D eigenvalue weighted by molar-refractivity contribution is 6.10. The minimum atomic E-state index is -0.154. The van der Waals surface area contributed by atoms with Crippen molar-refractivity contribution in [3.05, 3.63) is 34.7 Å². The average molecular weight is 329 g/mol. The van der Waals surface area contributed by atoms with E-state index >= 15 is 0 Å². The second-order valence-electron chi connectivity index (χ2n) is 6.66. The summed E-state index contributed by atoms with van der Waals surface area (Å²) in [6.07, 6.45) is 3.84. The predicted octanol–water partition coefficient (Wildman–Crippen LogP) is 2.29. The van der Waals surface area contributed by atoms with Crippen molar-refractivity contribution < 1.29 is 9.59 Å². The molecule has 1 N–H and O–H groups in total. The van der Waals surface area contributed by atoms with Gasteiger partial charge in [0.15, 0.2) is 11.6 Å². The summed E-state index contributed by atoms with van der Waals surface area (Å²) in [6, 6.07) is 0.224. The number of aromatic amines is 1. The Morgan fingerprint density at radius 2 is 2.17 bits per heavy atom. The van der Waals surface area contributed by atoms with Crippen LogP contribution in [-0.4, -0.2) is 43.4 Å². The number of hydrogen-bond acceptors (Lipinski definition) is 4. The van der Waals surface area contributed by atoms with Crippen LogP contribution in [0.1, 0.15) is 70.7 Å². The molecule has 1 amide bonds. The zero-order chi connectivity index (χ0) is 17.4. The molecule has 0 saturated heterocycles. The molecule has 0 fully saturated rings. The normalized spacial score (nSPS) is 14.1. The number of carbonyl (C=O) groups excluding carboxylic acids is 2. The molecule has 0 radical (unpaired) electrons. The van der Waals surface area contributed by atoms with E-state index in [0.717, 1.165) is 30.1 Å². The minimum Gasteiger partial charge on any atom is -0.361 e. The van der Waals surface area contributed by atoms with Crippen LogP contribution >= 0.6 is 0 Å². The molecule has 0 unspecified atom stereocenters. The molecule has 0 atom stereocenters. The van der Waals surface area contributed by atoms with Crippen molar-refractivity contribution in [2.75, 3.05) is 7.05 Å². The lowest BCUT2D eigenvalue weighted by atomic mass is 9.93. The van der Waals surface area contributed by atoms with Gasteiger partial charge in [0, 0.05) is 30.9 Å². The maximum Gasteiger partial charge on any atom is 0.256 e. The predicted molar refractivity (Wildman–Crippen MR) is 89.0 cm³/mol. The molecule has 1 aliphatic rings. The number of hydrogen-bond donors (Lipinski definition) is 1. The molecule has 0 aliphatic heterocycles. The largest absolute Gasteiger partial charge is 0.361 e. The van der Waals surface area contributed by atoms with Crippen molar-refractivity contribution in [3.8, 4) is 0 Å². The van der Waals surface area contributed by atoms with Crippen LogP contribution in [0.4, 0.5) is 0 Å². The fourth-order valence-corrected chi connectivity index (χ4v) is 3.29. The molecular weight excluding hydrogens is 306 g/mol. The number of H-pyrrole nitrogens is 1. The standard InChI is InChI=1S/C17H23N5O2/c1-10(2)22-9-18-20-14(22)8-21(4)17(24)15-11(3)19-12-6-5-7-13(23)16(12)15/h9-10,19H,5-8H2,1-4H3. The number of ketones is 1. The van der Waals surface area contributed by atoms with Gasteiger partial charge in [0.1, 0.15) is 6.33 Å². The van der Waals surface area contributed by atoms with Crippen LogP contribution in [-0.2, 0) is 13.0 Å². The quantitative estimate of drug-likeness (QED) is 0.933. The first-order valence-electron chi connectivity index (χ1n) is 8.28. The van der Waals surface area contributed by atoms with Gasteiger partial charge in [-0.1, -0.05) is 0 Å². The van der Waals surface area contributed by atoms with Crippen LogP contribution in [0.2, 0.25) is 0 Å². The number of rotatable bonds is 4. The summed E-state index contributed by atoms with van der Waals surface area (Å²) in [7, 11) is 1.73. The number of aryl methyl sites for hydroxylation is 2. The molecule has 24 heavy (non-hydrogen) atoms. The third-order valence-corrected chi connectivity index (χ3v) is 4.52. The van der Waals surface area contributed by atoms with E-state index in [4.69, 9.17) is 0 Å². The summed E-state index contributed by atoms with van der Waals surface area (Å²) in [5, 5.41) is 8.04. The first-order valence-corrected chi connectivity index (χ1v) is 8.28. The first kappa shape index (κ1) is 16.4.